The van der Waals surface area contributed by atoms with Crippen LogP contribution in [0.4, 0.5) is 5.69 Å². The third-order valence-corrected chi connectivity index (χ3v) is 5.23. The Kier molecular flexibility index (Phi) is 6.87. The molecule has 150 valence electrons. The van der Waals surface area contributed by atoms with Crippen molar-refractivity contribution in [3.63, 3.8) is 0 Å². The Morgan fingerprint density at radius 3 is 2.79 bits per heavy atom. The number of ether oxygens (including phenoxy) is 1. The highest BCUT2D eigenvalue weighted by Crippen LogP contribution is 2.25. The highest BCUT2D eigenvalue weighted by atomic mass is 16.5. The predicted octanol–water partition coefficient (Wildman–Crippen LogP) is 3.90. The fraction of sp³-hybridized carbons (Fsp3) is 0.455. The first kappa shape index (κ1) is 20.1. The standard InChI is InChI=1S/C22H29N3O3/c1-3-25(4-2)12-13-28-17-9-7-8-16(14-17)24-22(27)18-15-23-19-10-5-6-11-20(26)21(18)19/h7-9,14-15,23H,3-6,10-13H2,1-2H3,(H,24,27). The minimum Gasteiger partial charge on any atom is -0.492 e. The highest BCUT2D eigenvalue weighted by molar-refractivity contribution is 6.13. The largest absolute Gasteiger partial charge is 0.492 e. The maximum Gasteiger partial charge on any atom is 0.257 e. The topological polar surface area (TPSA) is 74.4 Å². The molecule has 6 heteroatoms. The average Bonchev–Trinajstić information content (AvgIpc) is 3.04. The third-order valence-electron chi connectivity index (χ3n) is 5.23. The van der Waals surface area contributed by atoms with E-state index in [9.17, 15) is 9.59 Å². The summed E-state index contributed by atoms with van der Waals surface area (Å²) >= 11 is 0. The SMILES string of the molecule is CCN(CC)CCOc1cccc(NC(=O)c2c[nH]c3c2C(=O)CCCC3)c1. The minimum atomic E-state index is -0.270. The van der Waals surface area contributed by atoms with Crippen LogP contribution in [0.15, 0.2) is 30.5 Å². The normalized spacial score (nSPS) is 13.9. The number of carbonyl (C=O) groups is 2. The van der Waals surface area contributed by atoms with Gasteiger partial charge in [0.1, 0.15) is 12.4 Å². The van der Waals surface area contributed by atoms with Gasteiger partial charge in [-0.05, 0) is 44.5 Å². The summed E-state index contributed by atoms with van der Waals surface area (Å²) in [4.78, 5) is 30.6. The van der Waals surface area contributed by atoms with Crippen molar-refractivity contribution in [2.45, 2.75) is 39.5 Å². The fourth-order valence-corrected chi connectivity index (χ4v) is 3.57. The molecule has 1 aliphatic rings. The van der Waals surface area contributed by atoms with Gasteiger partial charge in [-0.3, -0.25) is 9.59 Å². The molecule has 0 fully saturated rings. The van der Waals surface area contributed by atoms with E-state index in [0.717, 1.165) is 44.6 Å². The van der Waals surface area contributed by atoms with E-state index in [1.165, 1.54) is 0 Å². The first-order valence-corrected chi connectivity index (χ1v) is 10.1. The molecule has 1 aliphatic carbocycles. The predicted molar refractivity (Wildman–Crippen MR) is 110 cm³/mol. The van der Waals surface area contributed by atoms with Crippen molar-refractivity contribution in [2.24, 2.45) is 0 Å². The van der Waals surface area contributed by atoms with Crippen LogP contribution in [0.2, 0.25) is 0 Å². The van der Waals surface area contributed by atoms with Gasteiger partial charge in [-0.2, -0.15) is 0 Å². The molecule has 0 radical (unpaired) electrons. The van der Waals surface area contributed by atoms with Crippen molar-refractivity contribution in [1.29, 1.82) is 0 Å². The molecule has 1 aromatic heterocycles. The quantitative estimate of drug-likeness (QED) is 0.678. The Labute approximate surface area is 166 Å². The van der Waals surface area contributed by atoms with E-state index in [1.54, 1.807) is 6.20 Å². The minimum absolute atomic E-state index is 0.0485. The number of amides is 1. The molecule has 0 atom stereocenters. The summed E-state index contributed by atoms with van der Waals surface area (Å²) in [5.41, 5.74) is 2.51. The zero-order valence-electron chi connectivity index (χ0n) is 16.7. The first-order chi connectivity index (χ1) is 13.6. The number of hydrogen-bond acceptors (Lipinski definition) is 4. The van der Waals surface area contributed by atoms with Gasteiger partial charge in [0, 0.05) is 36.6 Å². The molecule has 1 amide bonds. The maximum atomic E-state index is 12.8. The zero-order valence-corrected chi connectivity index (χ0v) is 16.7. The Morgan fingerprint density at radius 1 is 1.21 bits per heavy atom. The second-order valence-electron chi connectivity index (χ2n) is 7.04. The number of benzene rings is 1. The molecular weight excluding hydrogens is 354 g/mol. The molecule has 0 saturated heterocycles. The van der Waals surface area contributed by atoms with Gasteiger partial charge < -0.3 is 19.9 Å². The summed E-state index contributed by atoms with van der Waals surface area (Å²) in [7, 11) is 0. The summed E-state index contributed by atoms with van der Waals surface area (Å²) in [5.74, 6) is 0.495. The molecule has 0 aliphatic heterocycles. The second-order valence-corrected chi connectivity index (χ2v) is 7.04. The average molecular weight is 383 g/mol. The zero-order chi connectivity index (χ0) is 19.9. The lowest BCUT2D eigenvalue weighted by molar-refractivity contribution is 0.0965. The van der Waals surface area contributed by atoms with Crippen LogP contribution in [0.3, 0.4) is 0 Å². The number of Topliss-reactive ketones (excluding diaryl/α,β-unsaturated/α-hetero) is 1. The number of aromatic nitrogens is 1. The molecule has 2 N–H and O–H groups in total. The van der Waals surface area contributed by atoms with Crippen molar-refractivity contribution >= 4 is 17.4 Å². The molecule has 2 aromatic rings. The van der Waals surface area contributed by atoms with Gasteiger partial charge in [0.25, 0.3) is 5.91 Å². The van der Waals surface area contributed by atoms with Crippen LogP contribution < -0.4 is 10.1 Å². The summed E-state index contributed by atoms with van der Waals surface area (Å²) in [6.45, 7) is 7.71. The van der Waals surface area contributed by atoms with E-state index in [4.69, 9.17) is 4.74 Å². The van der Waals surface area contributed by atoms with Crippen LogP contribution in [-0.4, -0.2) is 47.8 Å². The van der Waals surface area contributed by atoms with Gasteiger partial charge in [0.2, 0.25) is 0 Å². The number of carbonyl (C=O) groups excluding carboxylic acids is 2. The van der Waals surface area contributed by atoms with E-state index in [-0.39, 0.29) is 11.7 Å². The van der Waals surface area contributed by atoms with Crippen molar-refractivity contribution < 1.29 is 14.3 Å². The number of H-pyrrole nitrogens is 1. The van der Waals surface area contributed by atoms with Gasteiger partial charge in [0.05, 0.1) is 11.1 Å². The molecule has 3 rings (SSSR count). The lowest BCUT2D eigenvalue weighted by Gasteiger charge is -2.18. The second kappa shape index (κ2) is 9.55. The number of nitrogens with one attached hydrogen (secondary N) is 2. The summed E-state index contributed by atoms with van der Waals surface area (Å²) in [6, 6.07) is 7.37. The van der Waals surface area contributed by atoms with Crippen molar-refractivity contribution in [3.8, 4) is 5.75 Å². The molecule has 0 bridgehead atoms. The number of nitrogens with zero attached hydrogens (tertiary/aromatic N) is 1. The number of hydrogen-bond donors (Lipinski definition) is 2. The molecule has 28 heavy (non-hydrogen) atoms. The van der Waals surface area contributed by atoms with E-state index in [1.807, 2.05) is 24.3 Å². The van der Waals surface area contributed by atoms with Crippen LogP contribution >= 0.6 is 0 Å². The molecule has 0 spiro atoms. The molecule has 0 saturated carbocycles. The summed E-state index contributed by atoms with van der Waals surface area (Å²) < 4.78 is 5.82. The number of aryl methyl sites for hydroxylation is 1. The number of anilines is 1. The highest BCUT2D eigenvalue weighted by Gasteiger charge is 2.24. The van der Waals surface area contributed by atoms with Crippen LogP contribution in [0, 0.1) is 0 Å². The lowest BCUT2D eigenvalue weighted by atomic mass is 10.0. The molecule has 0 unspecified atom stereocenters. The number of rotatable bonds is 8. The summed E-state index contributed by atoms with van der Waals surface area (Å²) in [5, 5.41) is 2.90. The molecule has 6 nitrogen and oxygen atoms in total. The Balaban J connectivity index is 1.65. The van der Waals surface area contributed by atoms with Crippen molar-refractivity contribution in [1.82, 2.24) is 9.88 Å². The van der Waals surface area contributed by atoms with Gasteiger partial charge in [-0.15, -0.1) is 0 Å². The van der Waals surface area contributed by atoms with Crippen LogP contribution in [0.25, 0.3) is 0 Å². The van der Waals surface area contributed by atoms with E-state index < -0.39 is 0 Å². The Morgan fingerprint density at radius 2 is 2.00 bits per heavy atom. The van der Waals surface area contributed by atoms with E-state index in [0.29, 0.717) is 35.6 Å². The lowest BCUT2D eigenvalue weighted by Crippen LogP contribution is -2.27. The van der Waals surface area contributed by atoms with Crippen LogP contribution in [0.1, 0.15) is 59.5 Å². The number of aromatic amines is 1. The smallest absolute Gasteiger partial charge is 0.257 e. The fourth-order valence-electron chi connectivity index (χ4n) is 3.57. The molecule has 1 heterocycles. The van der Waals surface area contributed by atoms with Gasteiger partial charge in [-0.25, -0.2) is 0 Å². The van der Waals surface area contributed by atoms with Gasteiger partial charge in [-0.1, -0.05) is 19.9 Å². The first-order valence-electron chi connectivity index (χ1n) is 10.1. The Hall–Kier alpha value is -2.60. The molecule has 1 aromatic carbocycles. The monoisotopic (exact) mass is 383 g/mol. The van der Waals surface area contributed by atoms with Crippen molar-refractivity contribution in [3.05, 3.63) is 47.3 Å². The van der Waals surface area contributed by atoms with Crippen molar-refractivity contribution in [2.75, 3.05) is 31.6 Å². The number of likely N-dealkylation sites (N-methyl/N-ethyl adjacent to an activating group) is 1. The maximum absolute atomic E-state index is 12.8. The van der Waals surface area contributed by atoms with Crippen LogP contribution in [-0.2, 0) is 6.42 Å². The number of ketones is 1. The van der Waals surface area contributed by atoms with Crippen LogP contribution in [0.5, 0.6) is 5.75 Å². The van der Waals surface area contributed by atoms with E-state index in [2.05, 4.69) is 29.0 Å². The van der Waals surface area contributed by atoms with Gasteiger partial charge >= 0.3 is 0 Å². The van der Waals surface area contributed by atoms with E-state index >= 15 is 0 Å². The number of fused-ring (bicyclic) bond motifs is 1. The molecular formula is C22H29N3O3. The summed E-state index contributed by atoms with van der Waals surface area (Å²) in [6.07, 6.45) is 4.79. The Bertz CT molecular complexity index is 824. The third kappa shape index (κ3) is 4.81. The van der Waals surface area contributed by atoms with Gasteiger partial charge in [0.15, 0.2) is 5.78 Å².